The van der Waals surface area contributed by atoms with Crippen LogP contribution in [0.5, 0.6) is 0 Å². The third-order valence-corrected chi connectivity index (χ3v) is 9.96. The van der Waals surface area contributed by atoms with Crippen molar-refractivity contribution >= 4 is 36.7 Å². The first-order valence-electron chi connectivity index (χ1n) is 20.0. The van der Waals surface area contributed by atoms with E-state index in [4.69, 9.17) is 11.5 Å². The maximum absolute atomic E-state index is 13.7. The van der Waals surface area contributed by atoms with Gasteiger partial charge in [0, 0.05) is 5.56 Å². The van der Waals surface area contributed by atoms with Crippen molar-refractivity contribution in [3.8, 4) is 11.1 Å². The number of aliphatic hydroxyl groups is 1. The minimum Gasteiger partial charge on any atom is -0.426 e. The summed E-state index contributed by atoms with van der Waals surface area (Å²) in [5, 5.41) is 42.7. The molecule has 1 unspecified atom stereocenters. The topological polar surface area (TPSA) is 258 Å². The van der Waals surface area contributed by atoms with Crippen LogP contribution in [0.4, 0.5) is 0 Å². The molecule has 1 fully saturated rings. The molecule has 6 atom stereocenters. The fourth-order valence-corrected chi connectivity index (χ4v) is 6.21. The zero-order valence-corrected chi connectivity index (χ0v) is 33.0. The van der Waals surface area contributed by atoms with E-state index in [0.717, 1.165) is 30.4 Å². The van der Waals surface area contributed by atoms with Crippen molar-refractivity contribution in [1.82, 2.24) is 26.6 Å². The van der Waals surface area contributed by atoms with Gasteiger partial charge in [-0.25, -0.2) is 0 Å². The molecule has 16 heteroatoms. The molecule has 0 saturated heterocycles. The number of carbonyl (C=O) groups excluding carboxylic acids is 5. The minimum absolute atomic E-state index is 0.217. The van der Waals surface area contributed by atoms with Gasteiger partial charge < -0.3 is 53.2 Å². The predicted octanol–water partition coefficient (Wildman–Crippen LogP) is 0.815. The summed E-state index contributed by atoms with van der Waals surface area (Å²) in [6, 6.07) is 10.7. The van der Waals surface area contributed by atoms with Gasteiger partial charge in [-0.05, 0) is 126 Å². The van der Waals surface area contributed by atoms with Crippen molar-refractivity contribution in [2.75, 3.05) is 13.1 Å². The molecule has 0 radical (unpaired) electrons. The lowest BCUT2D eigenvalue weighted by Gasteiger charge is -2.28. The summed E-state index contributed by atoms with van der Waals surface area (Å²) in [6.45, 7) is 5.64. The van der Waals surface area contributed by atoms with Crippen molar-refractivity contribution in [2.45, 2.75) is 128 Å². The van der Waals surface area contributed by atoms with E-state index in [1.165, 1.54) is 19.4 Å². The van der Waals surface area contributed by atoms with Crippen LogP contribution in [0.15, 0.2) is 48.5 Å². The molecule has 1 aliphatic carbocycles. The number of aryl methyl sites for hydroxylation is 1. The zero-order valence-electron chi connectivity index (χ0n) is 33.0. The third kappa shape index (κ3) is 15.0. The van der Waals surface area contributed by atoms with E-state index < -0.39 is 72.9 Å². The highest BCUT2D eigenvalue weighted by Gasteiger charge is 2.41. The van der Waals surface area contributed by atoms with E-state index in [0.29, 0.717) is 57.2 Å². The van der Waals surface area contributed by atoms with E-state index in [9.17, 15) is 39.1 Å². The van der Waals surface area contributed by atoms with Crippen molar-refractivity contribution in [2.24, 2.45) is 17.4 Å². The van der Waals surface area contributed by atoms with Crippen molar-refractivity contribution in [3.05, 3.63) is 59.7 Å². The van der Waals surface area contributed by atoms with E-state index in [1.807, 2.05) is 12.1 Å². The Balaban J connectivity index is 1.70. The van der Waals surface area contributed by atoms with Crippen LogP contribution < -0.4 is 38.1 Å². The number of amides is 5. The molecule has 56 heavy (non-hydrogen) atoms. The van der Waals surface area contributed by atoms with Gasteiger partial charge in [0.15, 0.2) is 0 Å². The third-order valence-electron chi connectivity index (χ3n) is 9.96. The highest BCUT2D eigenvalue weighted by Crippen LogP contribution is 2.33. The lowest BCUT2D eigenvalue weighted by Crippen LogP contribution is -2.61. The predicted molar refractivity (Wildman–Crippen MR) is 216 cm³/mol. The molecular formula is C40H62BN7O8. The molecule has 2 aromatic carbocycles. The molecular weight excluding hydrogens is 717 g/mol. The van der Waals surface area contributed by atoms with Gasteiger partial charge in [0.05, 0.1) is 12.0 Å². The summed E-state index contributed by atoms with van der Waals surface area (Å²) in [5.74, 6) is -4.51. The Morgan fingerprint density at radius 3 is 1.73 bits per heavy atom. The van der Waals surface area contributed by atoms with Gasteiger partial charge in [0.25, 0.3) is 5.91 Å². The van der Waals surface area contributed by atoms with Crippen molar-refractivity contribution < 1.29 is 39.1 Å². The quantitative estimate of drug-likeness (QED) is 0.0501. The fourth-order valence-electron chi connectivity index (χ4n) is 6.21. The number of carbonyl (C=O) groups is 5. The first-order valence-corrected chi connectivity index (χ1v) is 20.0. The first-order chi connectivity index (χ1) is 26.8. The Morgan fingerprint density at radius 2 is 1.23 bits per heavy atom. The largest absolute Gasteiger partial charge is 0.475 e. The molecule has 3 rings (SSSR count). The molecule has 1 saturated carbocycles. The number of rotatable bonds is 25. The summed E-state index contributed by atoms with van der Waals surface area (Å²) in [7, 11) is -1.81. The van der Waals surface area contributed by atoms with Gasteiger partial charge >= 0.3 is 7.12 Å². The average Bonchev–Trinajstić information content (AvgIpc) is 4.03. The van der Waals surface area contributed by atoms with Crippen molar-refractivity contribution in [3.63, 3.8) is 0 Å². The molecule has 0 bridgehead atoms. The van der Waals surface area contributed by atoms with Crippen molar-refractivity contribution in [1.29, 1.82) is 0 Å². The van der Waals surface area contributed by atoms with Gasteiger partial charge in [-0.3, -0.25) is 24.0 Å². The fraction of sp³-hybridized carbons (Fsp3) is 0.575. The number of nitrogens with one attached hydrogen (secondary N) is 5. The smallest absolute Gasteiger partial charge is 0.426 e. The second-order valence-corrected chi connectivity index (χ2v) is 14.8. The molecule has 12 N–H and O–H groups in total. The average molecular weight is 780 g/mol. The molecule has 0 aliphatic heterocycles. The van der Waals surface area contributed by atoms with Crippen LogP contribution in [0.2, 0.25) is 0 Å². The highest BCUT2D eigenvalue weighted by atomic mass is 16.4. The molecule has 0 spiro atoms. The van der Waals surface area contributed by atoms with E-state index >= 15 is 0 Å². The number of aliphatic hydroxyl groups excluding tert-OH is 1. The second-order valence-electron chi connectivity index (χ2n) is 14.8. The van der Waals surface area contributed by atoms with E-state index in [-0.39, 0.29) is 18.8 Å². The lowest BCUT2D eigenvalue weighted by molar-refractivity contribution is -0.136. The zero-order chi connectivity index (χ0) is 41.2. The Kier molecular flexibility index (Phi) is 19.5. The van der Waals surface area contributed by atoms with Crippen LogP contribution >= 0.6 is 0 Å². The van der Waals surface area contributed by atoms with E-state index in [1.54, 1.807) is 12.1 Å². The van der Waals surface area contributed by atoms with Crippen LogP contribution in [0.1, 0.15) is 101 Å². The maximum atomic E-state index is 13.7. The number of unbranched alkanes of at least 4 members (excludes halogenated alkanes) is 3. The Bertz CT molecular complexity index is 1560. The monoisotopic (exact) mass is 779 g/mol. The summed E-state index contributed by atoms with van der Waals surface area (Å²) in [4.78, 5) is 67.3. The van der Waals surface area contributed by atoms with Gasteiger partial charge in [-0.2, -0.15) is 0 Å². The Labute approximate surface area is 330 Å². The Hall–Kier alpha value is -4.35. The summed E-state index contributed by atoms with van der Waals surface area (Å²) in [6.07, 6.45) is 5.78. The van der Waals surface area contributed by atoms with Gasteiger partial charge in [-0.1, -0.05) is 49.7 Å². The summed E-state index contributed by atoms with van der Waals surface area (Å²) in [5.41, 5.74) is 14.9. The summed E-state index contributed by atoms with van der Waals surface area (Å²) < 4.78 is 0. The molecule has 1 aliphatic rings. The highest BCUT2D eigenvalue weighted by molar-refractivity contribution is 6.43. The van der Waals surface area contributed by atoms with Crippen LogP contribution in [-0.2, 0) is 25.6 Å². The van der Waals surface area contributed by atoms with Crippen LogP contribution in [0.25, 0.3) is 11.1 Å². The number of nitrogens with two attached hydrogens (primary N) is 2. The molecule has 0 aromatic heterocycles. The normalized spacial score (nSPS) is 15.6. The SMILES string of the molecule is CCCCc1ccc(-c2ccc(C(=O)N[C@@H](CCCCN)C(=O)N[C@H](C(=O)N[C@H](C(=O)N[C@@H](CCCCN)C(=O)N[C@@H](C)B(O)O)C3CC3)C(C)O)cc2)cc1. The molecule has 2 aromatic rings. The molecule has 5 amide bonds. The standard InChI is InChI=1S/C40H62BN7O8/c1-4-5-10-27-13-15-28(16-14-27)29-17-21-31(22-18-29)36(50)45-33(12-7-9-24-43)38(52)47-34(25(2)49)39(53)48-35(30-19-20-30)40(54)46-32(11-6-8-23-42)37(51)44-26(3)41(55)56/h13-18,21-22,25-26,30,32-35,49,55-56H,4-12,19-20,23-24,42-43H2,1-3H3,(H,44,51)(H,45,50)(H,46,54)(H,47,52)(H,48,53)/t25?,26-,32-,33-,34-,35-/m0/s1. The number of hydrogen-bond donors (Lipinski definition) is 10. The maximum Gasteiger partial charge on any atom is 0.475 e. The molecule has 308 valence electrons. The minimum atomic E-state index is -1.81. The number of benzene rings is 2. The van der Waals surface area contributed by atoms with Crippen LogP contribution in [0.3, 0.4) is 0 Å². The second kappa shape index (κ2) is 23.7. The van der Waals surface area contributed by atoms with Gasteiger partial charge in [0.1, 0.15) is 24.2 Å². The van der Waals surface area contributed by atoms with Gasteiger partial charge in [-0.15, -0.1) is 0 Å². The number of hydrogen-bond acceptors (Lipinski definition) is 10. The van der Waals surface area contributed by atoms with Crippen LogP contribution in [-0.4, -0.2) is 101 Å². The van der Waals surface area contributed by atoms with E-state index in [2.05, 4.69) is 57.8 Å². The first kappa shape index (κ1) is 46.0. The van der Waals surface area contributed by atoms with Crippen LogP contribution in [0, 0.1) is 5.92 Å². The lowest BCUT2D eigenvalue weighted by atomic mass is 9.81. The van der Waals surface area contributed by atoms with Gasteiger partial charge in [0.2, 0.25) is 23.6 Å². The summed E-state index contributed by atoms with van der Waals surface area (Å²) >= 11 is 0. The molecule has 0 heterocycles. The Morgan fingerprint density at radius 1 is 0.696 bits per heavy atom. The molecule has 15 nitrogen and oxygen atoms in total.